The number of benzene rings is 2. The summed E-state index contributed by atoms with van der Waals surface area (Å²) in [5, 5.41) is 5.85. The van der Waals surface area contributed by atoms with Crippen molar-refractivity contribution in [2.24, 2.45) is 10.7 Å². The van der Waals surface area contributed by atoms with Crippen LogP contribution in [-0.2, 0) is 12.7 Å². The molecular formula is C23H16ClF3N6O3. The second kappa shape index (κ2) is 10.0. The molecule has 2 aromatic heterocycles. The van der Waals surface area contributed by atoms with Crippen molar-refractivity contribution < 1.29 is 22.7 Å². The van der Waals surface area contributed by atoms with Crippen LogP contribution in [0.25, 0.3) is 0 Å². The van der Waals surface area contributed by atoms with Gasteiger partial charge in [0, 0.05) is 11.1 Å². The van der Waals surface area contributed by atoms with E-state index in [4.69, 9.17) is 22.1 Å². The number of alkyl halides is 3. The standard InChI is InChI=1S/C23H16ClF3N6O3/c24-14-6-4-13(5-7-14)12-33-21(35)19(23(25,26)27)31-32-22(33)29-15-8-10-16(11-9-15)36-18-3-1-2-17(30-18)20(28)34/h1-11H,12H2,(H2,28,34)(H,29,32). The number of hydrogen-bond acceptors (Lipinski definition) is 6. The predicted octanol–water partition coefficient (Wildman–Crippen LogP) is 3.81. The number of nitrogens with two attached hydrogens (primary N) is 1. The summed E-state index contributed by atoms with van der Waals surface area (Å²) in [5.41, 5.74) is 2.92. The van der Waals surface area contributed by atoms with E-state index >= 15 is 0 Å². The minimum absolute atomic E-state index is 0.0307. The molecule has 9 nitrogen and oxygen atoms in total. The SMILES string of the molecule is NC(=O)c1cccc(Oc2ccc(/N=c3\[nH]nc(C(F)(F)F)c(=O)n3Cc3ccc(Cl)cc3)cc2)n1. The highest BCUT2D eigenvalue weighted by Gasteiger charge is 2.37. The van der Waals surface area contributed by atoms with Gasteiger partial charge < -0.3 is 10.5 Å². The summed E-state index contributed by atoms with van der Waals surface area (Å²) >= 11 is 5.87. The van der Waals surface area contributed by atoms with Crippen molar-refractivity contribution in [3.05, 3.63) is 105 Å². The molecule has 2 heterocycles. The van der Waals surface area contributed by atoms with E-state index in [1.807, 2.05) is 0 Å². The lowest BCUT2D eigenvalue weighted by Crippen LogP contribution is -2.41. The van der Waals surface area contributed by atoms with Crippen LogP contribution < -0.4 is 21.6 Å². The third-order valence-electron chi connectivity index (χ3n) is 4.76. The number of aromatic nitrogens is 4. The summed E-state index contributed by atoms with van der Waals surface area (Å²) in [4.78, 5) is 32.1. The van der Waals surface area contributed by atoms with E-state index in [9.17, 15) is 22.8 Å². The summed E-state index contributed by atoms with van der Waals surface area (Å²) in [6.45, 7) is -0.208. The van der Waals surface area contributed by atoms with E-state index in [1.165, 1.54) is 36.4 Å². The summed E-state index contributed by atoms with van der Waals surface area (Å²) in [6, 6.07) is 16.9. The van der Waals surface area contributed by atoms with Crippen LogP contribution in [0.15, 0.2) is 76.5 Å². The summed E-state index contributed by atoms with van der Waals surface area (Å²) in [5.74, 6) is -0.232. The first-order valence-corrected chi connectivity index (χ1v) is 10.6. The molecule has 1 amide bonds. The van der Waals surface area contributed by atoms with E-state index in [-0.39, 0.29) is 23.7 Å². The van der Waals surface area contributed by atoms with Crippen molar-refractivity contribution in [3.63, 3.8) is 0 Å². The van der Waals surface area contributed by atoms with Crippen molar-refractivity contribution >= 4 is 23.2 Å². The molecule has 184 valence electrons. The summed E-state index contributed by atoms with van der Waals surface area (Å²) < 4.78 is 46.3. The van der Waals surface area contributed by atoms with Gasteiger partial charge in [0.05, 0.1) is 12.2 Å². The molecule has 0 saturated heterocycles. The third kappa shape index (κ3) is 5.78. The lowest BCUT2D eigenvalue weighted by molar-refractivity contribution is -0.143. The molecule has 4 aromatic rings. The largest absolute Gasteiger partial charge is 0.440 e. The molecule has 0 aliphatic heterocycles. The molecule has 0 saturated carbocycles. The highest BCUT2D eigenvalue weighted by atomic mass is 35.5. The van der Waals surface area contributed by atoms with Crippen LogP contribution in [0.3, 0.4) is 0 Å². The summed E-state index contributed by atoms with van der Waals surface area (Å²) in [6.07, 6.45) is -4.95. The number of ether oxygens (including phenoxy) is 1. The minimum atomic E-state index is -4.95. The van der Waals surface area contributed by atoms with Crippen molar-refractivity contribution in [2.75, 3.05) is 0 Å². The Morgan fingerprint density at radius 2 is 1.78 bits per heavy atom. The van der Waals surface area contributed by atoms with Gasteiger partial charge in [0.25, 0.3) is 11.5 Å². The van der Waals surface area contributed by atoms with Crippen LogP contribution in [0, 0.1) is 0 Å². The molecule has 13 heteroatoms. The van der Waals surface area contributed by atoms with Crippen LogP contribution >= 0.6 is 11.6 Å². The van der Waals surface area contributed by atoms with Crippen molar-refractivity contribution in [2.45, 2.75) is 12.7 Å². The van der Waals surface area contributed by atoms with Gasteiger partial charge >= 0.3 is 6.18 Å². The first-order valence-electron chi connectivity index (χ1n) is 10.2. The second-order valence-electron chi connectivity index (χ2n) is 7.34. The first kappa shape index (κ1) is 24.7. The Morgan fingerprint density at radius 3 is 2.42 bits per heavy atom. The van der Waals surface area contributed by atoms with Crippen molar-refractivity contribution in [1.29, 1.82) is 0 Å². The normalized spacial score (nSPS) is 11.9. The molecular weight excluding hydrogens is 501 g/mol. The van der Waals surface area contributed by atoms with E-state index < -0.39 is 23.3 Å². The average molecular weight is 517 g/mol. The number of nitrogens with zero attached hydrogens (tertiary/aromatic N) is 4. The fourth-order valence-corrected chi connectivity index (χ4v) is 3.19. The summed E-state index contributed by atoms with van der Waals surface area (Å²) in [7, 11) is 0. The van der Waals surface area contributed by atoms with E-state index in [2.05, 4.69) is 20.2 Å². The van der Waals surface area contributed by atoms with Gasteiger partial charge in [-0.05, 0) is 48.0 Å². The Labute approximate surface area is 205 Å². The van der Waals surface area contributed by atoms with Crippen LogP contribution in [0.2, 0.25) is 5.02 Å². The molecule has 2 aromatic carbocycles. The molecule has 0 radical (unpaired) electrons. The van der Waals surface area contributed by atoms with Crippen molar-refractivity contribution in [3.8, 4) is 11.6 Å². The molecule has 0 aliphatic rings. The van der Waals surface area contributed by atoms with E-state index in [0.29, 0.717) is 22.0 Å². The zero-order chi connectivity index (χ0) is 25.9. The fourth-order valence-electron chi connectivity index (χ4n) is 3.07. The smallest absolute Gasteiger partial charge is 0.439 e. The Bertz CT molecular complexity index is 1530. The van der Waals surface area contributed by atoms with E-state index in [1.54, 1.807) is 30.3 Å². The molecule has 36 heavy (non-hydrogen) atoms. The number of pyridine rings is 1. The Morgan fingerprint density at radius 1 is 1.08 bits per heavy atom. The number of aromatic amines is 1. The topological polar surface area (TPSA) is 128 Å². The molecule has 0 unspecified atom stereocenters. The molecule has 0 aliphatic carbocycles. The van der Waals surface area contributed by atoms with E-state index in [0.717, 1.165) is 4.57 Å². The van der Waals surface area contributed by atoms with Crippen LogP contribution in [0.1, 0.15) is 21.7 Å². The molecule has 0 fully saturated rings. The average Bonchev–Trinajstić information content (AvgIpc) is 2.83. The highest BCUT2D eigenvalue weighted by molar-refractivity contribution is 6.30. The molecule has 0 bridgehead atoms. The second-order valence-corrected chi connectivity index (χ2v) is 7.78. The molecule has 0 atom stereocenters. The number of nitrogens with one attached hydrogen (secondary N) is 1. The number of primary amides is 1. The van der Waals surface area contributed by atoms with Crippen LogP contribution in [0.4, 0.5) is 18.9 Å². The lowest BCUT2D eigenvalue weighted by Gasteiger charge is -2.11. The van der Waals surface area contributed by atoms with Gasteiger partial charge in [-0.1, -0.05) is 29.8 Å². The molecule has 3 N–H and O–H groups in total. The van der Waals surface area contributed by atoms with Gasteiger partial charge in [0.2, 0.25) is 17.2 Å². The van der Waals surface area contributed by atoms with Crippen LogP contribution in [0.5, 0.6) is 11.6 Å². The lowest BCUT2D eigenvalue weighted by atomic mass is 10.2. The maximum atomic E-state index is 13.3. The monoisotopic (exact) mass is 516 g/mol. The molecule has 0 spiro atoms. The van der Waals surface area contributed by atoms with Gasteiger partial charge in [-0.15, -0.1) is 0 Å². The van der Waals surface area contributed by atoms with Gasteiger partial charge in [-0.25, -0.2) is 15.1 Å². The predicted molar refractivity (Wildman–Crippen MR) is 123 cm³/mol. The van der Waals surface area contributed by atoms with Gasteiger partial charge in [0.15, 0.2) is 0 Å². The van der Waals surface area contributed by atoms with Gasteiger partial charge in [-0.3, -0.25) is 14.2 Å². The van der Waals surface area contributed by atoms with Crippen LogP contribution in [-0.4, -0.2) is 25.7 Å². The number of carbonyl (C=O) groups is 1. The maximum absolute atomic E-state index is 13.3. The number of H-pyrrole nitrogens is 1. The molecule has 4 rings (SSSR count). The Kier molecular flexibility index (Phi) is 6.88. The Hall–Kier alpha value is -4.45. The number of hydrogen-bond donors (Lipinski definition) is 2. The quantitative estimate of drug-likeness (QED) is 0.403. The fraction of sp³-hybridized carbons (Fsp3) is 0.0870. The maximum Gasteiger partial charge on any atom is 0.440 e. The number of carbonyl (C=O) groups excluding carboxylic acids is 1. The van der Waals surface area contributed by atoms with Gasteiger partial charge in [-0.2, -0.15) is 18.3 Å². The zero-order valence-corrected chi connectivity index (χ0v) is 18.9. The van der Waals surface area contributed by atoms with Crippen molar-refractivity contribution in [1.82, 2.24) is 19.7 Å². The minimum Gasteiger partial charge on any atom is -0.439 e. The Balaban J connectivity index is 1.68. The number of halogens is 4. The number of rotatable bonds is 6. The third-order valence-corrected chi connectivity index (χ3v) is 5.02. The van der Waals surface area contributed by atoms with Gasteiger partial charge in [0.1, 0.15) is 11.4 Å². The highest BCUT2D eigenvalue weighted by Crippen LogP contribution is 2.24. The first-order chi connectivity index (χ1) is 17.1. The zero-order valence-electron chi connectivity index (χ0n) is 18.2. The number of amides is 1.